The number of carbonyl (C=O) groups is 1. The maximum atomic E-state index is 13.5. The Morgan fingerprint density at radius 3 is 2.52 bits per heavy atom. The highest BCUT2D eigenvalue weighted by Gasteiger charge is 2.25. The Kier molecular flexibility index (Phi) is 4.40. The highest BCUT2D eigenvalue weighted by molar-refractivity contribution is 6.07. The van der Waals surface area contributed by atoms with E-state index in [4.69, 9.17) is 4.74 Å². The normalized spacial score (nSPS) is 14.8. The van der Waals surface area contributed by atoms with E-state index in [0.717, 1.165) is 34.4 Å². The van der Waals surface area contributed by atoms with Gasteiger partial charge in [-0.1, -0.05) is 12.1 Å². The number of halogens is 2. The van der Waals surface area contributed by atoms with Crippen LogP contribution in [0.3, 0.4) is 0 Å². The number of benzene rings is 2. The summed E-state index contributed by atoms with van der Waals surface area (Å²) in [6, 6.07) is 9.10. The molecule has 0 atom stereocenters. The molecule has 0 saturated heterocycles. The average molecular weight is 342 g/mol. The minimum absolute atomic E-state index is 0.124. The van der Waals surface area contributed by atoms with Crippen LogP contribution in [0, 0.1) is 11.6 Å². The number of carboxylic acids is 1. The molecule has 3 nitrogen and oxygen atoms in total. The predicted molar refractivity (Wildman–Crippen MR) is 92.1 cm³/mol. The predicted octanol–water partition coefficient (Wildman–Crippen LogP) is 4.78. The summed E-state index contributed by atoms with van der Waals surface area (Å²) in [6.07, 6.45) is 1.61. The van der Waals surface area contributed by atoms with Crippen LogP contribution in [0.4, 0.5) is 8.78 Å². The molecule has 0 aliphatic heterocycles. The Hall–Kier alpha value is -2.95. The maximum Gasteiger partial charge on any atom is 0.307 e. The molecule has 0 fully saturated rings. The fraction of sp³-hybridized carbons (Fsp3) is 0.150. The molecule has 0 saturated carbocycles. The molecule has 2 aromatic carbocycles. The van der Waals surface area contributed by atoms with Crippen molar-refractivity contribution in [2.45, 2.75) is 13.3 Å². The molecule has 5 heteroatoms. The van der Waals surface area contributed by atoms with Crippen LogP contribution in [0.15, 0.2) is 42.0 Å². The second-order valence-corrected chi connectivity index (χ2v) is 5.82. The Morgan fingerprint density at radius 1 is 1.12 bits per heavy atom. The second-order valence-electron chi connectivity index (χ2n) is 5.82. The summed E-state index contributed by atoms with van der Waals surface area (Å²) in [5.41, 5.74) is 4.42. The van der Waals surface area contributed by atoms with Crippen LogP contribution in [0.25, 0.3) is 17.2 Å². The largest absolute Gasteiger partial charge is 0.497 e. The molecule has 0 heterocycles. The summed E-state index contributed by atoms with van der Waals surface area (Å²) in [6.45, 7) is 1.83. The molecule has 1 aliphatic carbocycles. The number of hydrogen-bond donors (Lipinski definition) is 1. The van der Waals surface area contributed by atoms with Crippen molar-refractivity contribution < 1.29 is 23.4 Å². The highest BCUT2D eigenvalue weighted by atomic mass is 19.2. The summed E-state index contributed by atoms with van der Waals surface area (Å²) in [7, 11) is 1.54. The van der Waals surface area contributed by atoms with Gasteiger partial charge in [0.15, 0.2) is 11.6 Å². The zero-order valence-electron chi connectivity index (χ0n) is 13.8. The Morgan fingerprint density at radius 2 is 1.88 bits per heavy atom. The second kappa shape index (κ2) is 6.51. The van der Waals surface area contributed by atoms with Gasteiger partial charge in [-0.05, 0) is 70.7 Å². The van der Waals surface area contributed by atoms with E-state index >= 15 is 0 Å². The highest BCUT2D eigenvalue weighted by Crippen LogP contribution is 2.44. The summed E-state index contributed by atoms with van der Waals surface area (Å²) in [5.74, 6) is -2.13. The van der Waals surface area contributed by atoms with Crippen LogP contribution in [-0.4, -0.2) is 18.2 Å². The molecule has 0 radical (unpaired) electrons. The summed E-state index contributed by atoms with van der Waals surface area (Å²) in [5, 5.41) is 9.21. The van der Waals surface area contributed by atoms with Crippen molar-refractivity contribution in [3.05, 3.63) is 70.3 Å². The first kappa shape index (κ1) is 16.9. The van der Waals surface area contributed by atoms with Crippen molar-refractivity contribution in [2.24, 2.45) is 0 Å². The molecule has 0 aromatic heterocycles. The fourth-order valence-electron chi connectivity index (χ4n) is 3.04. The van der Waals surface area contributed by atoms with Gasteiger partial charge in [-0.3, -0.25) is 4.79 Å². The zero-order chi connectivity index (χ0) is 18.1. The van der Waals surface area contributed by atoms with Crippen LogP contribution < -0.4 is 4.74 Å². The third-order valence-corrected chi connectivity index (χ3v) is 4.28. The number of hydrogen-bond acceptors (Lipinski definition) is 2. The van der Waals surface area contributed by atoms with Crippen LogP contribution in [0.2, 0.25) is 0 Å². The van der Waals surface area contributed by atoms with E-state index in [9.17, 15) is 18.7 Å². The van der Waals surface area contributed by atoms with E-state index in [1.54, 1.807) is 25.3 Å². The molecular weight excluding hydrogens is 326 g/mol. The molecular formula is C20H16F2O3. The van der Waals surface area contributed by atoms with Crippen LogP contribution in [-0.2, 0) is 4.79 Å². The lowest BCUT2D eigenvalue weighted by Gasteiger charge is -2.07. The molecule has 2 aromatic rings. The van der Waals surface area contributed by atoms with Gasteiger partial charge in [0, 0.05) is 0 Å². The van der Waals surface area contributed by atoms with Crippen molar-refractivity contribution in [3.8, 4) is 5.75 Å². The van der Waals surface area contributed by atoms with Crippen LogP contribution >= 0.6 is 0 Å². The quantitative estimate of drug-likeness (QED) is 0.870. The monoisotopic (exact) mass is 342 g/mol. The summed E-state index contributed by atoms with van der Waals surface area (Å²) >= 11 is 0. The number of carboxylic acid groups (broad SMARTS) is 1. The standard InChI is InChI=1S/C20H16F2O3/c1-11-15(7-12-3-6-18(21)19(22)8-12)14-5-4-13(25-2)9-17(14)16(11)10-20(23)24/h3-9H,10H2,1-2H3,(H,23,24)/b15-7-. The number of rotatable bonds is 4. The number of allylic oxidation sites excluding steroid dienone is 2. The van der Waals surface area contributed by atoms with Crippen molar-refractivity contribution in [1.29, 1.82) is 0 Å². The van der Waals surface area contributed by atoms with Gasteiger partial charge in [-0.25, -0.2) is 8.78 Å². The zero-order valence-corrected chi connectivity index (χ0v) is 13.8. The van der Waals surface area contributed by atoms with Crippen molar-refractivity contribution >= 4 is 23.2 Å². The Balaban J connectivity index is 2.16. The summed E-state index contributed by atoms with van der Waals surface area (Å²) < 4.78 is 31.8. The van der Waals surface area contributed by atoms with Crippen molar-refractivity contribution in [2.75, 3.05) is 7.11 Å². The molecule has 1 aliphatic rings. The molecule has 0 unspecified atom stereocenters. The van der Waals surface area contributed by atoms with E-state index < -0.39 is 17.6 Å². The Labute approximate surface area is 143 Å². The third-order valence-electron chi connectivity index (χ3n) is 4.28. The number of fused-ring (bicyclic) bond motifs is 1. The first-order valence-corrected chi connectivity index (χ1v) is 7.68. The van der Waals surface area contributed by atoms with Crippen molar-refractivity contribution in [1.82, 2.24) is 0 Å². The average Bonchev–Trinajstić information content (AvgIpc) is 2.83. The van der Waals surface area contributed by atoms with Crippen LogP contribution in [0.1, 0.15) is 30.0 Å². The molecule has 0 spiro atoms. The number of methoxy groups -OCH3 is 1. The molecule has 25 heavy (non-hydrogen) atoms. The topological polar surface area (TPSA) is 46.5 Å². The van der Waals surface area contributed by atoms with Crippen LogP contribution in [0.5, 0.6) is 5.75 Å². The van der Waals surface area contributed by atoms with Gasteiger partial charge in [0.25, 0.3) is 0 Å². The first-order valence-electron chi connectivity index (χ1n) is 7.68. The molecule has 3 rings (SSSR count). The molecule has 0 amide bonds. The Bertz CT molecular complexity index is 927. The molecule has 128 valence electrons. The van der Waals surface area contributed by atoms with E-state index in [1.807, 2.05) is 13.0 Å². The van der Waals surface area contributed by atoms with Gasteiger partial charge in [-0.2, -0.15) is 0 Å². The van der Waals surface area contributed by atoms with Gasteiger partial charge < -0.3 is 9.84 Å². The van der Waals surface area contributed by atoms with Gasteiger partial charge in [-0.15, -0.1) is 0 Å². The number of aliphatic carboxylic acids is 1. The van der Waals surface area contributed by atoms with E-state index in [-0.39, 0.29) is 6.42 Å². The van der Waals surface area contributed by atoms with Gasteiger partial charge in [0.1, 0.15) is 5.75 Å². The molecule has 1 N–H and O–H groups in total. The smallest absolute Gasteiger partial charge is 0.307 e. The van der Waals surface area contributed by atoms with E-state index in [0.29, 0.717) is 16.9 Å². The minimum atomic E-state index is -0.933. The lowest BCUT2D eigenvalue weighted by atomic mass is 10.0. The minimum Gasteiger partial charge on any atom is -0.497 e. The summed E-state index contributed by atoms with van der Waals surface area (Å²) in [4.78, 5) is 11.2. The SMILES string of the molecule is COc1ccc2c(c1)C(CC(=O)O)=C(C)/C2=C/c1ccc(F)c(F)c1. The fourth-order valence-corrected chi connectivity index (χ4v) is 3.04. The van der Waals surface area contributed by atoms with E-state index in [1.165, 1.54) is 6.07 Å². The maximum absolute atomic E-state index is 13.5. The molecule has 0 bridgehead atoms. The van der Waals surface area contributed by atoms with Gasteiger partial charge >= 0.3 is 5.97 Å². The number of ether oxygens (including phenoxy) is 1. The third kappa shape index (κ3) is 3.18. The van der Waals surface area contributed by atoms with E-state index in [2.05, 4.69) is 0 Å². The van der Waals surface area contributed by atoms with Gasteiger partial charge in [0.05, 0.1) is 13.5 Å². The van der Waals surface area contributed by atoms with Gasteiger partial charge in [0.2, 0.25) is 0 Å². The first-order chi connectivity index (χ1) is 11.9. The van der Waals surface area contributed by atoms with Crippen molar-refractivity contribution in [3.63, 3.8) is 0 Å². The lowest BCUT2D eigenvalue weighted by Crippen LogP contribution is -1.97. The lowest BCUT2D eigenvalue weighted by molar-refractivity contribution is -0.135.